The molecule has 0 radical (unpaired) electrons. The summed E-state index contributed by atoms with van der Waals surface area (Å²) in [7, 11) is 0. The standard InChI is InChI=1S/C14H17N5OS2/c1-4-10-5-7-11(8-6-10)12(20)15-13(21)18-19-9(2)16-17-14(19)22-3/h5-8H,4H2,1-3H3,(H2,15,18,20,21). The van der Waals surface area contributed by atoms with Crippen LogP contribution in [0, 0.1) is 6.92 Å². The van der Waals surface area contributed by atoms with Crippen molar-refractivity contribution in [3.8, 4) is 0 Å². The molecule has 2 rings (SSSR count). The number of amides is 1. The van der Waals surface area contributed by atoms with E-state index in [-0.39, 0.29) is 11.0 Å². The van der Waals surface area contributed by atoms with Crippen LogP contribution < -0.4 is 10.7 Å². The summed E-state index contributed by atoms with van der Waals surface area (Å²) in [6.07, 6.45) is 2.82. The van der Waals surface area contributed by atoms with E-state index in [1.54, 1.807) is 23.7 Å². The minimum Gasteiger partial charge on any atom is -0.298 e. The summed E-state index contributed by atoms with van der Waals surface area (Å²) in [6.45, 7) is 3.87. The molecule has 0 aliphatic rings. The minimum absolute atomic E-state index is 0.197. The lowest BCUT2D eigenvalue weighted by Crippen LogP contribution is -2.38. The third kappa shape index (κ3) is 3.83. The van der Waals surface area contributed by atoms with Crippen molar-refractivity contribution in [3.05, 3.63) is 41.2 Å². The molecule has 0 spiro atoms. The van der Waals surface area contributed by atoms with Gasteiger partial charge >= 0.3 is 0 Å². The Morgan fingerprint density at radius 2 is 2.00 bits per heavy atom. The van der Waals surface area contributed by atoms with E-state index in [0.29, 0.717) is 16.5 Å². The van der Waals surface area contributed by atoms with Gasteiger partial charge in [0.25, 0.3) is 5.91 Å². The van der Waals surface area contributed by atoms with Gasteiger partial charge in [-0.15, -0.1) is 10.2 Å². The van der Waals surface area contributed by atoms with Crippen molar-refractivity contribution >= 4 is 35.0 Å². The molecule has 1 heterocycles. The van der Waals surface area contributed by atoms with Gasteiger partial charge in [-0.3, -0.25) is 15.5 Å². The Kier molecular flexibility index (Phi) is 5.51. The molecular weight excluding hydrogens is 318 g/mol. The number of thiocarbonyl (C=S) groups is 1. The summed E-state index contributed by atoms with van der Waals surface area (Å²) in [5.74, 6) is 0.407. The van der Waals surface area contributed by atoms with Gasteiger partial charge in [0.2, 0.25) is 5.16 Å². The van der Waals surface area contributed by atoms with Crippen LogP contribution in [0.25, 0.3) is 0 Å². The van der Waals surface area contributed by atoms with E-state index in [4.69, 9.17) is 12.2 Å². The summed E-state index contributed by atoms with van der Waals surface area (Å²) in [4.78, 5) is 12.1. The van der Waals surface area contributed by atoms with Crippen LogP contribution in [-0.2, 0) is 6.42 Å². The van der Waals surface area contributed by atoms with Crippen LogP contribution in [0.2, 0.25) is 0 Å². The zero-order valence-corrected chi connectivity index (χ0v) is 14.2. The highest BCUT2D eigenvalue weighted by atomic mass is 32.2. The molecule has 0 bridgehead atoms. The third-order valence-electron chi connectivity index (χ3n) is 3.04. The van der Waals surface area contributed by atoms with Gasteiger partial charge in [-0.05, 0) is 49.5 Å². The van der Waals surface area contributed by atoms with E-state index in [2.05, 4.69) is 27.9 Å². The first-order chi connectivity index (χ1) is 10.5. The second-order valence-corrected chi connectivity index (χ2v) is 5.70. The fraction of sp³-hybridized carbons (Fsp3) is 0.286. The van der Waals surface area contributed by atoms with Gasteiger partial charge in [0.1, 0.15) is 5.82 Å². The van der Waals surface area contributed by atoms with Gasteiger partial charge in [0.15, 0.2) is 5.11 Å². The van der Waals surface area contributed by atoms with Crippen LogP contribution in [0.5, 0.6) is 0 Å². The summed E-state index contributed by atoms with van der Waals surface area (Å²) in [5, 5.41) is 11.5. The monoisotopic (exact) mass is 335 g/mol. The maximum Gasteiger partial charge on any atom is 0.257 e. The van der Waals surface area contributed by atoms with E-state index >= 15 is 0 Å². The van der Waals surface area contributed by atoms with Crippen LogP contribution in [0.1, 0.15) is 28.7 Å². The van der Waals surface area contributed by atoms with Gasteiger partial charge < -0.3 is 0 Å². The summed E-state index contributed by atoms with van der Waals surface area (Å²) in [5.41, 5.74) is 4.65. The van der Waals surface area contributed by atoms with E-state index < -0.39 is 0 Å². The Hall–Kier alpha value is -1.93. The first-order valence-electron chi connectivity index (χ1n) is 6.72. The van der Waals surface area contributed by atoms with Crippen LogP contribution in [0.15, 0.2) is 29.4 Å². The fourth-order valence-corrected chi connectivity index (χ4v) is 2.47. The number of rotatable bonds is 4. The largest absolute Gasteiger partial charge is 0.298 e. The zero-order chi connectivity index (χ0) is 16.1. The number of aromatic nitrogens is 3. The number of carbonyl (C=O) groups is 1. The highest BCUT2D eigenvalue weighted by molar-refractivity contribution is 7.98. The molecule has 0 unspecified atom stereocenters. The van der Waals surface area contributed by atoms with Gasteiger partial charge in [-0.1, -0.05) is 30.8 Å². The maximum atomic E-state index is 12.1. The Morgan fingerprint density at radius 1 is 1.32 bits per heavy atom. The molecular formula is C14H17N5OS2. The molecule has 1 aromatic carbocycles. The molecule has 0 aliphatic heterocycles. The van der Waals surface area contributed by atoms with Crippen LogP contribution in [-0.4, -0.2) is 32.1 Å². The molecule has 0 saturated carbocycles. The smallest absolute Gasteiger partial charge is 0.257 e. The highest BCUT2D eigenvalue weighted by Gasteiger charge is 2.11. The lowest BCUT2D eigenvalue weighted by Gasteiger charge is -2.12. The molecule has 116 valence electrons. The topological polar surface area (TPSA) is 71.8 Å². The van der Waals surface area contributed by atoms with Crippen molar-refractivity contribution < 1.29 is 4.79 Å². The average Bonchev–Trinajstić information content (AvgIpc) is 2.87. The highest BCUT2D eigenvalue weighted by Crippen LogP contribution is 2.11. The van der Waals surface area contributed by atoms with Crippen LogP contribution >= 0.6 is 24.0 Å². The number of thioether (sulfide) groups is 1. The molecule has 6 nitrogen and oxygen atoms in total. The van der Waals surface area contributed by atoms with Crippen molar-refractivity contribution in [1.82, 2.24) is 20.2 Å². The fourth-order valence-electron chi connectivity index (χ4n) is 1.80. The lowest BCUT2D eigenvalue weighted by atomic mass is 10.1. The molecule has 2 aromatic rings. The summed E-state index contributed by atoms with van der Waals surface area (Å²) in [6, 6.07) is 7.44. The van der Waals surface area contributed by atoms with E-state index in [1.807, 2.05) is 18.4 Å². The normalized spacial score (nSPS) is 10.3. The zero-order valence-electron chi connectivity index (χ0n) is 12.6. The van der Waals surface area contributed by atoms with E-state index in [9.17, 15) is 4.79 Å². The van der Waals surface area contributed by atoms with Crippen LogP contribution in [0.3, 0.4) is 0 Å². The first kappa shape index (κ1) is 16.4. The van der Waals surface area contributed by atoms with Crippen molar-refractivity contribution in [2.24, 2.45) is 0 Å². The second kappa shape index (κ2) is 7.37. The van der Waals surface area contributed by atoms with Crippen molar-refractivity contribution in [3.63, 3.8) is 0 Å². The van der Waals surface area contributed by atoms with Gasteiger partial charge in [-0.25, -0.2) is 4.68 Å². The van der Waals surface area contributed by atoms with Gasteiger partial charge in [0.05, 0.1) is 0 Å². The van der Waals surface area contributed by atoms with Crippen molar-refractivity contribution in [2.75, 3.05) is 11.7 Å². The molecule has 22 heavy (non-hydrogen) atoms. The molecule has 0 atom stereocenters. The van der Waals surface area contributed by atoms with E-state index in [0.717, 1.165) is 6.42 Å². The van der Waals surface area contributed by atoms with Gasteiger partial charge in [0, 0.05) is 5.56 Å². The lowest BCUT2D eigenvalue weighted by molar-refractivity contribution is 0.0977. The number of hydrogen-bond donors (Lipinski definition) is 2. The molecule has 0 fully saturated rings. The van der Waals surface area contributed by atoms with E-state index in [1.165, 1.54) is 17.3 Å². The predicted octanol–water partition coefficient (Wildman–Crippen LogP) is 2.13. The van der Waals surface area contributed by atoms with Gasteiger partial charge in [-0.2, -0.15) is 0 Å². The molecule has 8 heteroatoms. The Bertz CT molecular complexity index is 681. The molecule has 2 N–H and O–H groups in total. The predicted molar refractivity (Wildman–Crippen MR) is 91.8 cm³/mol. The minimum atomic E-state index is -0.253. The second-order valence-electron chi connectivity index (χ2n) is 4.51. The number of carbonyl (C=O) groups excluding carboxylic acids is 1. The van der Waals surface area contributed by atoms with Crippen LogP contribution in [0.4, 0.5) is 0 Å². The number of hydrogen-bond acceptors (Lipinski definition) is 5. The summed E-state index contributed by atoms with van der Waals surface area (Å²) < 4.78 is 1.63. The SMILES string of the molecule is CCc1ccc(C(=O)NC(=S)Nn2c(C)nnc2SC)cc1. The van der Waals surface area contributed by atoms with Crippen molar-refractivity contribution in [2.45, 2.75) is 25.4 Å². The Labute approximate surface area is 138 Å². The maximum absolute atomic E-state index is 12.1. The Balaban J connectivity index is 2.01. The number of nitrogens with one attached hydrogen (secondary N) is 2. The summed E-state index contributed by atoms with van der Waals surface area (Å²) >= 11 is 6.60. The molecule has 1 amide bonds. The molecule has 0 aliphatic carbocycles. The Morgan fingerprint density at radius 3 is 2.59 bits per heavy atom. The number of aryl methyl sites for hydroxylation is 2. The molecule has 1 aromatic heterocycles. The number of nitrogens with zero attached hydrogens (tertiary/aromatic N) is 3. The first-order valence-corrected chi connectivity index (χ1v) is 8.35. The quantitative estimate of drug-likeness (QED) is 0.659. The third-order valence-corrected chi connectivity index (χ3v) is 3.87. The molecule has 0 saturated heterocycles. The average molecular weight is 335 g/mol. The van der Waals surface area contributed by atoms with Crippen molar-refractivity contribution in [1.29, 1.82) is 0 Å². The number of benzene rings is 1.